The molecule has 0 saturated carbocycles. The van der Waals surface area contributed by atoms with Crippen molar-refractivity contribution in [2.75, 3.05) is 6.61 Å². The SMILES string of the molecule is NC(=O)c1cccc(CNC(=O)C2=Cc3cc(Cl)ccc3OC2)c1. The van der Waals surface area contributed by atoms with Gasteiger partial charge in [-0.25, -0.2) is 0 Å². The monoisotopic (exact) mass is 342 g/mol. The summed E-state index contributed by atoms with van der Waals surface area (Å²) in [5, 5.41) is 3.39. The molecule has 0 aliphatic carbocycles. The standard InChI is InChI=1S/C18H15ClN2O3/c19-15-4-5-16-13(8-15)7-14(10-24-16)18(23)21-9-11-2-1-3-12(6-11)17(20)22/h1-8H,9-10H2,(H2,20,22)(H,21,23). The molecule has 0 unspecified atom stereocenters. The normalized spacial score (nSPS) is 12.6. The van der Waals surface area contributed by atoms with Crippen LogP contribution >= 0.6 is 11.6 Å². The minimum absolute atomic E-state index is 0.196. The number of benzene rings is 2. The van der Waals surface area contributed by atoms with E-state index in [1.807, 2.05) is 6.07 Å². The van der Waals surface area contributed by atoms with E-state index in [0.29, 0.717) is 28.5 Å². The number of amides is 2. The van der Waals surface area contributed by atoms with Crippen molar-refractivity contribution in [1.29, 1.82) is 0 Å². The van der Waals surface area contributed by atoms with Crippen LogP contribution in [0.3, 0.4) is 0 Å². The van der Waals surface area contributed by atoms with Gasteiger partial charge in [0.2, 0.25) is 5.91 Å². The number of carbonyl (C=O) groups excluding carboxylic acids is 2. The minimum Gasteiger partial charge on any atom is -0.488 e. The maximum absolute atomic E-state index is 12.3. The Bertz CT molecular complexity index is 846. The first kappa shape index (κ1) is 16.1. The molecule has 0 atom stereocenters. The van der Waals surface area contributed by atoms with Crippen molar-refractivity contribution in [3.8, 4) is 5.75 Å². The maximum Gasteiger partial charge on any atom is 0.250 e. The van der Waals surface area contributed by atoms with Crippen LogP contribution in [0.1, 0.15) is 21.5 Å². The molecule has 1 aliphatic rings. The van der Waals surface area contributed by atoms with Crippen LogP contribution in [0.4, 0.5) is 0 Å². The van der Waals surface area contributed by atoms with E-state index in [1.54, 1.807) is 42.5 Å². The second-order valence-corrected chi connectivity index (χ2v) is 5.82. The highest BCUT2D eigenvalue weighted by Crippen LogP contribution is 2.28. The highest BCUT2D eigenvalue weighted by atomic mass is 35.5. The maximum atomic E-state index is 12.3. The molecular weight excluding hydrogens is 328 g/mol. The molecule has 2 aromatic carbocycles. The van der Waals surface area contributed by atoms with E-state index < -0.39 is 5.91 Å². The van der Waals surface area contributed by atoms with Crippen molar-refractivity contribution in [2.45, 2.75) is 6.54 Å². The van der Waals surface area contributed by atoms with Crippen LogP contribution in [-0.4, -0.2) is 18.4 Å². The van der Waals surface area contributed by atoms with Crippen molar-refractivity contribution in [1.82, 2.24) is 5.32 Å². The molecule has 1 aliphatic heterocycles. The van der Waals surface area contributed by atoms with Gasteiger partial charge in [-0.2, -0.15) is 0 Å². The Morgan fingerprint density at radius 2 is 2.04 bits per heavy atom. The van der Waals surface area contributed by atoms with Crippen LogP contribution in [0.2, 0.25) is 5.02 Å². The van der Waals surface area contributed by atoms with E-state index >= 15 is 0 Å². The Morgan fingerprint density at radius 3 is 2.83 bits per heavy atom. The number of nitrogens with one attached hydrogen (secondary N) is 1. The average Bonchev–Trinajstić information content (AvgIpc) is 2.59. The molecule has 3 N–H and O–H groups in total. The summed E-state index contributed by atoms with van der Waals surface area (Å²) in [4.78, 5) is 23.5. The molecule has 0 aromatic heterocycles. The molecule has 2 aromatic rings. The Balaban J connectivity index is 1.70. The first-order valence-electron chi connectivity index (χ1n) is 7.33. The second kappa shape index (κ2) is 6.76. The summed E-state index contributed by atoms with van der Waals surface area (Å²) in [5.41, 5.74) is 7.73. The van der Waals surface area contributed by atoms with Gasteiger partial charge in [-0.1, -0.05) is 23.7 Å². The Hall–Kier alpha value is -2.79. The lowest BCUT2D eigenvalue weighted by Gasteiger charge is -2.18. The highest BCUT2D eigenvalue weighted by Gasteiger charge is 2.17. The van der Waals surface area contributed by atoms with E-state index in [0.717, 1.165) is 11.1 Å². The fraction of sp³-hybridized carbons (Fsp3) is 0.111. The molecule has 0 spiro atoms. The highest BCUT2D eigenvalue weighted by molar-refractivity contribution is 6.30. The largest absolute Gasteiger partial charge is 0.488 e. The van der Waals surface area contributed by atoms with Crippen LogP contribution in [0.25, 0.3) is 6.08 Å². The molecule has 2 amide bonds. The van der Waals surface area contributed by atoms with Crippen molar-refractivity contribution in [2.24, 2.45) is 5.73 Å². The van der Waals surface area contributed by atoms with Crippen LogP contribution in [0, 0.1) is 0 Å². The lowest BCUT2D eigenvalue weighted by Crippen LogP contribution is -2.28. The van der Waals surface area contributed by atoms with Crippen molar-refractivity contribution in [3.05, 3.63) is 69.8 Å². The number of rotatable bonds is 4. The van der Waals surface area contributed by atoms with Crippen LogP contribution in [0.5, 0.6) is 5.75 Å². The Labute approximate surface area is 144 Å². The first-order valence-corrected chi connectivity index (χ1v) is 7.70. The van der Waals surface area contributed by atoms with E-state index in [2.05, 4.69) is 5.32 Å². The molecule has 1 heterocycles. The summed E-state index contributed by atoms with van der Waals surface area (Å²) in [6, 6.07) is 12.1. The van der Waals surface area contributed by atoms with Crippen LogP contribution in [-0.2, 0) is 11.3 Å². The molecule has 3 rings (SSSR count). The predicted octanol–water partition coefficient (Wildman–Crippen LogP) is 2.53. The van der Waals surface area contributed by atoms with Gasteiger partial charge in [-0.05, 0) is 42.0 Å². The third kappa shape index (κ3) is 3.58. The zero-order chi connectivity index (χ0) is 17.1. The summed E-state index contributed by atoms with van der Waals surface area (Å²) in [5.74, 6) is -0.0322. The van der Waals surface area contributed by atoms with Gasteiger partial charge in [0.25, 0.3) is 5.91 Å². The predicted molar refractivity (Wildman–Crippen MR) is 91.7 cm³/mol. The number of hydrogen-bond acceptors (Lipinski definition) is 3. The van der Waals surface area contributed by atoms with Gasteiger partial charge in [-0.15, -0.1) is 0 Å². The quantitative estimate of drug-likeness (QED) is 0.895. The number of ether oxygens (including phenoxy) is 1. The number of hydrogen-bond donors (Lipinski definition) is 2. The zero-order valence-electron chi connectivity index (χ0n) is 12.7. The molecule has 0 fully saturated rings. The van der Waals surface area contributed by atoms with Crippen molar-refractivity contribution < 1.29 is 14.3 Å². The van der Waals surface area contributed by atoms with E-state index in [-0.39, 0.29) is 12.5 Å². The van der Waals surface area contributed by atoms with Crippen LogP contribution in [0.15, 0.2) is 48.0 Å². The third-order valence-corrected chi connectivity index (χ3v) is 3.88. The van der Waals surface area contributed by atoms with Gasteiger partial charge in [-0.3, -0.25) is 9.59 Å². The summed E-state index contributed by atoms with van der Waals surface area (Å²) < 4.78 is 5.57. The number of halogens is 1. The molecular formula is C18H15ClN2O3. The Kier molecular flexibility index (Phi) is 4.53. The van der Waals surface area contributed by atoms with Crippen molar-refractivity contribution in [3.63, 3.8) is 0 Å². The van der Waals surface area contributed by atoms with Gasteiger partial charge in [0.15, 0.2) is 0 Å². The first-order chi connectivity index (χ1) is 11.5. The molecule has 24 heavy (non-hydrogen) atoms. The van der Waals surface area contributed by atoms with Gasteiger partial charge in [0, 0.05) is 22.7 Å². The molecule has 0 saturated heterocycles. The van der Waals surface area contributed by atoms with Crippen LogP contribution < -0.4 is 15.8 Å². The van der Waals surface area contributed by atoms with Gasteiger partial charge in [0.05, 0.1) is 5.57 Å². The van der Waals surface area contributed by atoms with Gasteiger partial charge < -0.3 is 15.8 Å². The smallest absolute Gasteiger partial charge is 0.250 e. The number of carbonyl (C=O) groups is 2. The van der Waals surface area contributed by atoms with E-state index in [9.17, 15) is 9.59 Å². The summed E-state index contributed by atoms with van der Waals surface area (Å²) in [7, 11) is 0. The molecule has 122 valence electrons. The van der Waals surface area contributed by atoms with E-state index in [1.165, 1.54) is 0 Å². The van der Waals surface area contributed by atoms with Gasteiger partial charge >= 0.3 is 0 Å². The molecule has 0 bridgehead atoms. The topological polar surface area (TPSA) is 81.4 Å². The van der Waals surface area contributed by atoms with Gasteiger partial charge in [0.1, 0.15) is 12.4 Å². The fourth-order valence-corrected chi connectivity index (χ4v) is 2.59. The summed E-state index contributed by atoms with van der Waals surface area (Å²) in [6.45, 7) is 0.488. The zero-order valence-corrected chi connectivity index (χ0v) is 13.5. The Morgan fingerprint density at radius 1 is 1.21 bits per heavy atom. The fourth-order valence-electron chi connectivity index (χ4n) is 2.41. The number of fused-ring (bicyclic) bond motifs is 1. The molecule has 0 radical (unpaired) electrons. The lowest BCUT2D eigenvalue weighted by atomic mass is 10.1. The summed E-state index contributed by atoms with van der Waals surface area (Å²) >= 11 is 5.96. The van der Waals surface area contributed by atoms with Crippen molar-refractivity contribution >= 4 is 29.5 Å². The second-order valence-electron chi connectivity index (χ2n) is 5.39. The third-order valence-electron chi connectivity index (χ3n) is 3.64. The summed E-state index contributed by atoms with van der Waals surface area (Å²) in [6.07, 6.45) is 1.76. The molecule has 6 heteroatoms. The number of nitrogens with two attached hydrogens (primary N) is 1. The number of primary amides is 1. The molecule has 5 nitrogen and oxygen atoms in total. The minimum atomic E-state index is -0.500. The average molecular weight is 343 g/mol. The lowest BCUT2D eigenvalue weighted by molar-refractivity contribution is -0.117. The van der Waals surface area contributed by atoms with E-state index in [4.69, 9.17) is 22.1 Å².